The zero-order valence-electron chi connectivity index (χ0n) is 11.2. The average molecular weight is 274 g/mol. The Labute approximate surface area is 118 Å². The predicted molar refractivity (Wildman–Crippen MR) is 75.7 cm³/mol. The molecule has 0 aliphatic heterocycles. The fourth-order valence-corrected chi connectivity index (χ4v) is 1.85. The Morgan fingerprint density at radius 3 is 1.45 bits per heavy atom. The number of ether oxygens (including phenoxy) is 2. The van der Waals surface area contributed by atoms with Gasteiger partial charge >= 0.3 is 0 Å². The molecule has 2 N–H and O–H groups in total. The molecule has 20 heavy (non-hydrogen) atoms. The van der Waals surface area contributed by atoms with Crippen molar-refractivity contribution in [3.63, 3.8) is 0 Å². The third-order valence-corrected chi connectivity index (χ3v) is 2.88. The molecule has 0 atom stereocenters. The minimum absolute atomic E-state index is 0.0512. The molecule has 0 amide bonds. The van der Waals surface area contributed by atoms with Crippen LogP contribution < -0.4 is 9.47 Å². The summed E-state index contributed by atoms with van der Waals surface area (Å²) in [5.41, 5.74) is 1.51. The Morgan fingerprint density at radius 2 is 1.05 bits per heavy atom. The highest BCUT2D eigenvalue weighted by atomic mass is 16.5. The molecule has 0 radical (unpaired) electrons. The van der Waals surface area contributed by atoms with E-state index in [4.69, 9.17) is 9.47 Å². The zero-order chi connectivity index (χ0) is 14.2. The maximum absolute atomic E-state index is 9.18. The molecule has 2 aromatic carbocycles. The molecule has 2 rings (SSSR count). The molecule has 4 nitrogen and oxygen atoms in total. The summed E-state index contributed by atoms with van der Waals surface area (Å²) in [5, 5.41) is 18.4. The van der Waals surface area contributed by atoms with Crippen LogP contribution in [0.25, 0.3) is 0 Å². The second-order valence-corrected chi connectivity index (χ2v) is 4.23. The van der Waals surface area contributed by atoms with E-state index in [9.17, 15) is 10.2 Å². The molecule has 0 spiro atoms. The van der Waals surface area contributed by atoms with Gasteiger partial charge in [-0.15, -0.1) is 0 Å². The van der Waals surface area contributed by atoms with Crippen LogP contribution in [0.15, 0.2) is 48.5 Å². The minimum atomic E-state index is -0.0512. The van der Waals surface area contributed by atoms with Gasteiger partial charge in [-0.05, 0) is 12.1 Å². The van der Waals surface area contributed by atoms with Crippen LogP contribution in [0.5, 0.6) is 11.5 Å². The van der Waals surface area contributed by atoms with E-state index >= 15 is 0 Å². The second-order valence-electron chi connectivity index (χ2n) is 4.23. The van der Waals surface area contributed by atoms with E-state index in [1.54, 1.807) is 0 Å². The van der Waals surface area contributed by atoms with E-state index in [1.807, 2.05) is 48.5 Å². The SMILES string of the molecule is OCc1ccccc1OCCOc1ccccc1CO. The van der Waals surface area contributed by atoms with Crippen LogP contribution in [0, 0.1) is 0 Å². The first-order valence-electron chi connectivity index (χ1n) is 6.48. The first-order chi connectivity index (χ1) is 9.85. The predicted octanol–water partition coefficient (Wildman–Crippen LogP) is 2.13. The number of aliphatic hydroxyl groups excluding tert-OH is 2. The monoisotopic (exact) mass is 274 g/mol. The van der Waals surface area contributed by atoms with Gasteiger partial charge in [0.1, 0.15) is 24.7 Å². The summed E-state index contributed by atoms with van der Waals surface area (Å²) in [6.07, 6.45) is 0. The van der Waals surface area contributed by atoms with E-state index in [1.165, 1.54) is 0 Å². The molecular formula is C16H18O4. The van der Waals surface area contributed by atoms with Gasteiger partial charge in [-0.2, -0.15) is 0 Å². The summed E-state index contributed by atoms with van der Waals surface area (Å²) in [7, 11) is 0. The van der Waals surface area contributed by atoms with Crippen LogP contribution in [0.3, 0.4) is 0 Å². The summed E-state index contributed by atoms with van der Waals surface area (Å²) >= 11 is 0. The van der Waals surface area contributed by atoms with Gasteiger partial charge in [0.05, 0.1) is 13.2 Å². The molecule has 0 saturated heterocycles. The smallest absolute Gasteiger partial charge is 0.124 e. The maximum Gasteiger partial charge on any atom is 0.124 e. The van der Waals surface area contributed by atoms with Gasteiger partial charge in [-0.1, -0.05) is 36.4 Å². The molecular weight excluding hydrogens is 256 g/mol. The number of benzene rings is 2. The molecule has 4 heteroatoms. The van der Waals surface area contributed by atoms with Crippen molar-refractivity contribution in [1.29, 1.82) is 0 Å². The summed E-state index contributed by atoms with van der Waals surface area (Å²) in [6, 6.07) is 14.7. The number of rotatable bonds is 7. The molecule has 0 aromatic heterocycles. The molecule has 0 bridgehead atoms. The lowest BCUT2D eigenvalue weighted by Gasteiger charge is -2.12. The summed E-state index contributed by atoms with van der Waals surface area (Å²) < 4.78 is 11.2. The van der Waals surface area contributed by atoms with Crippen LogP contribution in [0.4, 0.5) is 0 Å². The fourth-order valence-electron chi connectivity index (χ4n) is 1.85. The van der Waals surface area contributed by atoms with Crippen LogP contribution in [0.1, 0.15) is 11.1 Å². The average Bonchev–Trinajstić information content (AvgIpc) is 2.52. The number of para-hydroxylation sites is 2. The van der Waals surface area contributed by atoms with Gasteiger partial charge in [0, 0.05) is 11.1 Å². The quantitative estimate of drug-likeness (QED) is 0.759. The first-order valence-corrected chi connectivity index (χ1v) is 6.48. The van der Waals surface area contributed by atoms with Crippen LogP contribution in [-0.2, 0) is 13.2 Å². The van der Waals surface area contributed by atoms with Gasteiger partial charge in [-0.25, -0.2) is 0 Å². The molecule has 0 heterocycles. The van der Waals surface area contributed by atoms with E-state index in [-0.39, 0.29) is 13.2 Å². The topological polar surface area (TPSA) is 58.9 Å². The number of hydrogen-bond acceptors (Lipinski definition) is 4. The van der Waals surface area contributed by atoms with Crippen LogP contribution in [0.2, 0.25) is 0 Å². The molecule has 0 aliphatic carbocycles. The zero-order valence-corrected chi connectivity index (χ0v) is 11.2. The van der Waals surface area contributed by atoms with Crippen LogP contribution >= 0.6 is 0 Å². The highest BCUT2D eigenvalue weighted by Crippen LogP contribution is 2.19. The summed E-state index contributed by atoms with van der Waals surface area (Å²) in [6.45, 7) is 0.641. The Bertz CT molecular complexity index is 490. The first kappa shape index (κ1) is 14.4. The molecule has 2 aromatic rings. The lowest BCUT2D eigenvalue weighted by molar-refractivity contribution is 0.204. The molecule has 0 aliphatic rings. The van der Waals surface area contributed by atoms with Crippen molar-refractivity contribution >= 4 is 0 Å². The van der Waals surface area contributed by atoms with Gasteiger partial charge < -0.3 is 19.7 Å². The minimum Gasteiger partial charge on any atom is -0.490 e. The molecule has 106 valence electrons. The Balaban J connectivity index is 1.84. The lowest BCUT2D eigenvalue weighted by Crippen LogP contribution is -2.10. The van der Waals surface area contributed by atoms with Crippen LogP contribution in [-0.4, -0.2) is 23.4 Å². The Morgan fingerprint density at radius 1 is 0.650 bits per heavy atom. The standard InChI is InChI=1S/C16H18O4/c17-11-13-5-1-3-7-15(13)19-9-10-20-16-8-4-2-6-14(16)12-18/h1-8,17-18H,9-12H2. The van der Waals surface area contributed by atoms with Gasteiger partial charge in [0.2, 0.25) is 0 Å². The Kier molecular flexibility index (Phi) is 5.41. The fraction of sp³-hybridized carbons (Fsp3) is 0.250. The maximum atomic E-state index is 9.18. The van der Waals surface area contributed by atoms with Crippen molar-refractivity contribution < 1.29 is 19.7 Å². The summed E-state index contributed by atoms with van der Waals surface area (Å²) in [4.78, 5) is 0. The highest BCUT2D eigenvalue weighted by Gasteiger charge is 2.03. The third kappa shape index (κ3) is 3.73. The van der Waals surface area contributed by atoms with Gasteiger partial charge in [0.25, 0.3) is 0 Å². The van der Waals surface area contributed by atoms with Crippen molar-refractivity contribution in [2.24, 2.45) is 0 Å². The summed E-state index contributed by atoms with van der Waals surface area (Å²) in [5.74, 6) is 1.32. The van der Waals surface area contributed by atoms with Gasteiger partial charge in [-0.3, -0.25) is 0 Å². The molecule has 0 fully saturated rings. The van der Waals surface area contributed by atoms with E-state index in [0.717, 1.165) is 11.1 Å². The largest absolute Gasteiger partial charge is 0.490 e. The van der Waals surface area contributed by atoms with E-state index in [2.05, 4.69) is 0 Å². The molecule has 0 saturated carbocycles. The lowest BCUT2D eigenvalue weighted by atomic mass is 10.2. The number of hydrogen-bond donors (Lipinski definition) is 2. The second kappa shape index (κ2) is 7.53. The third-order valence-electron chi connectivity index (χ3n) is 2.88. The van der Waals surface area contributed by atoms with Crippen molar-refractivity contribution in [1.82, 2.24) is 0 Å². The van der Waals surface area contributed by atoms with E-state index < -0.39 is 0 Å². The highest BCUT2D eigenvalue weighted by molar-refractivity contribution is 5.33. The van der Waals surface area contributed by atoms with Crippen molar-refractivity contribution in [2.45, 2.75) is 13.2 Å². The molecule has 0 unspecified atom stereocenters. The normalized spacial score (nSPS) is 10.3. The van der Waals surface area contributed by atoms with Crippen molar-refractivity contribution in [3.05, 3.63) is 59.7 Å². The number of aliphatic hydroxyl groups is 2. The van der Waals surface area contributed by atoms with E-state index in [0.29, 0.717) is 24.7 Å². The van der Waals surface area contributed by atoms with Gasteiger partial charge in [0.15, 0.2) is 0 Å². The Hall–Kier alpha value is -2.04. The van der Waals surface area contributed by atoms with Crippen molar-refractivity contribution in [3.8, 4) is 11.5 Å². The van der Waals surface area contributed by atoms with Crippen molar-refractivity contribution in [2.75, 3.05) is 13.2 Å².